The third-order valence-corrected chi connectivity index (χ3v) is 6.96. The molecule has 1 saturated carbocycles. The highest BCUT2D eigenvalue weighted by atomic mass is 16.5. The number of hydrogen-bond acceptors (Lipinski definition) is 4. The van der Waals surface area contributed by atoms with Gasteiger partial charge in [-0.1, -0.05) is 74.7 Å². The Morgan fingerprint density at radius 2 is 1.68 bits per heavy atom. The number of carboxylic acids is 1. The molecule has 0 bridgehead atoms. The van der Waals surface area contributed by atoms with E-state index in [2.05, 4.69) is 34.9 Å². The molecule has 0 aliphatic heterocycles. The molecule has 7 nitrogen and oxygen atoms in total. The molecule has 1 fully saturated rings. The number of ether oxygens (including phenoxy) is 1. The van der Waals surface area contributed by atoms with Crippen molar-refractivity contribution < 1.29 is 24.2 Å². The maximum absolute atomic E-state index is 12.8. The number of carbonyl (C=O) groups is 3. The SMILES string of the molecule is CCCC[C@H](NC(=O)C1CCCC1NC(=O)OCC1c2ccccc2-c2ccccc21)C(=O)O. The van der Waals surface area contributed by atoms with Gasteiger partial charge in [0.1, 0.15) is 12.6 Å². The van der Waals surface area contributed by atoms with Crippen LogP contribution < -0.4 is 10.6 Å². The first-order valence-corrected chi connectivity index (χ1v) is 12.1. The van der Waals surface area contributed by atoms with Crippen LogP contribution in [0, 0.1) is 5.92 Å². The highest BCUT2D eigenvalue weighted by Crippen LogP contribution is 2.44. The van der Waals surface area contributed by atoms with Gasteiger partial charge >= 0.3 is 12.1 Å². The Labute approximate surface area is 199 Å². The standard InChI is InChI=1S/C27H32N2O5/c1-2-3-14-24(26(31)32)28-25(30)21-13-8-15-23(21)29-27(33)34-16-22-19-11-6-4-9-17(19)18-10-5-7-12-20(18)22/h4-7,9-12,21-24H,2-3,8,13-16H2,1H3,(H,28,30)(H,29,33)(H,31,32)/t21?,23?,24-/m0/s1. The molecule has 0 aromatic heterocycles. The number of amides is 2. The summed E-state index contributed by atoms with van der Waals surface area (Å²) in [5, 5.41) is 14.9. The monoisotopic (exact) mass is 464 g/mol. The number of unbranched alkanes of at least 4 members (excludes halogenated alkanes) is 1. The summed E-state index contributed by atoms with van der Waals surface area (Å²) >= 11 is 0. The Balaban J connectivity index is 1.35. The predicted molar refractivity (Wildman–Crippen MR) is 128 cm³/mol. The molecule has 0 saturated heterocycles. The van der Waals surface area contributed by atoms with Crippen LogP contribution in [0.1, 0.15) is 62.5 Å². The smallest absolute Gasteiger partial charge is 0.407 e. The maximum atomic E-state index is 12.8. The van der Waals surface area contributed by atoms with E-state index >= 15 is 0 Å². The number of fused-ring (bicyclic) bond motifs is 3. The zero-order chi connectivity index (χ0) is 24.1. The van der Waals surface area contributed by atoms with E-state index in [1.165, 1.54) is 0 Å². The van der Waals surface area contributed by atoms with Crippen LogP contribution in [0.25, 0.3) is 11.1 Å². The third kappa shape index (κ3) is 5.08. The van der Waals surface area contributed by atoms with E-state index in [1.54, 1.807) is 0 Å². The van der Waals surface area contributed by atoms with Crippen molar-refractivity contribution >= 4 is 18.0 Å². The second-order valence-corrected chi connectivity index (χ2v) is 9.16. The second kappa shape index (κ2) is 10.7. The van der Waals surface area contributed by atoms with Crippen molar-refractivity contribution in [1.29, 1.82) is 0 Å². The zero-order valence-electron chi connectivity index (χ0n) is 19.5. The zero-order valence-corrected chi connectivity index (χ0v) is 19.5. The van der Waals surface area contributed by atoms with Crippen molar-refractivity contribution in [3.05, 3.63) is 59.7 Å². The highest BCUT2D eigenvalue weighted by Gasteiger charge is 2.36. The van der Waals surface area contributed by atoms with Gasteiger partial charge in [0.25, 0.3) is 0 Å². The number of benzene rings is 2. The molecule has 34 heavy (non-hydrogen) atoms. The van der Waals surface area contributed by atoms with Crippen LogP contribution in [0.3, 0.4) is 0 Å². The molecule has 3 N–H and O–H groups in total. The average Bonchev–Trinajstić information content (AvgIpc) is 3.42. The summed E-state index contributed by atoms with van der Waals surface area (Å²) in [7, 11) is 0. The number of aliphatic carboxylic acids is 1. The first kappa shape index (κ1) is 23.8. The summed E-state index contributed by atoms with van der Waals surface area (Å²) in [5.41, 5.74) is 4.61. The normalized spacial score (nSPS) is 19.7. The van der Waals surface area contributed by atoms with E-state index in [-0.39, 0.29) is 24.5 Å². The third-order valence-electron chi connectivity index (χ3n) is 6.96. The average molecular weight is 465 g/mol. The summed E-state index contributed by atoms with van der Waals surface area (Å²) in [4.78, 5) is 36.9. The molecular weight excluding hydrogens is 432 g/mol. The fourth-order valence-corrected chi connectivity index (χ4v) is 5.18. The quantitative estimate of drug-likeness (QED) is 0.508. The molecule has 2 aliphatic carbocycles. The molecular formula is C27H32N2O5. The van der Waals surface area contributed by atoms with Crippen LogP contribution in [-0.4, -0.2) is 41.8 Å². The molecule has 0 radical (unpaired) electrons. The molecule has 0 spiro atoms. The summed E-state index contributed by atoms with van der Waals surface area (Å²) < 4.78 is 5.63. The Bertz CT molecular complexity index is 1010. The van der Waals surface area contributed by atoms with Crippen molar-refractivity contribution in [3.8, 4) is 11.1 Å². The largest absolute Gasteiger partial charge is 0.480 e. The predicted octanol–water partition coefficient (Wildman–Crippen LogP) is 4.45. The molecule has 2 amide bonds. The van der Waals surface area contributed by atoms with Gasteiger partial charge in [-0.05, 0) is 41.5 Å². The summed E-state index contributed by atoms with van der Waals surface area (Å²) in [6, 6.07) is 15.0. The van der Waals surface area contributed by atoms with E-state index in [4.69, 9.17) is 4.74 Å². The fraction of sp³-hybridized carbons (Fsp3) is 0.444. The van der Waals surface area contributed by atoms with Crippen LogP contribution in [0.2, 0.25) is 0 Å². The molecule has 0 heterocycles. The molecule has 2 aromatic carbocycles. The summed E-state index contributed by atoms with van der Waals surface area (Å²) in [5.74, 6) is -1.83. The van der Waals surface area contributed by atoms with Crippen molar-refractivity contribution in [3.63, 3.8) is 0 Å². The minimum absolute atomic E-state index is 0.0317. The lowest BCUT2D eigenvalue weighted by atomic mass is 9.98. The molecule has 4 rings (SSSR count). The van der Waals surface area contributed by atoms with Crippen LogP contribution in [0.4, 0.5) is 4.79 Å². The number of nitrogens with one attached hydrogen (secondary N) is 2. The van der Waals surface area contributed by atoms with Crippen molar-refractivity contribution in [2.24, 2.45) is 5.92 Å². The number of rotatable bonds is 9. The van der Waals surface area contributed by atoms with Gasteiger partial charge in [-0.25, -0.2) is 9.59 Å². The Morgan fingerprint density at radius 1 is 1.03 bits per heavy atom. The van der Waals surface area contributed by atoms with Crippen LogP contribution in [0.15, 0.2) is 48.5 Å². The van der Waals surface area contributed by atoms with E-state index in [0.29, 0.717) is 19.3 Å². The van der Waals surface area contributed by atoms with E-state index in [1.807, 2.05) is 31.2 Å². The summed E-state index contributed by atoms with van der Waals surface area (Å²) in [6.07, 6.45) is 3.49. The lowest BCUT2D eigenvalue weighted by Crippen LogP contribution is -2.48. The first-order valence-electron chi connectivity index (χ1n) is 12.1. The Kier molecular flexibility index (Phi) is 7.50. The van der Waals surface area contributed by atoms with Crippen molar-refractivity contribution in [2.75, 3.05) is 6.61 Å². The molecule has 180 valence electrons. The minimum atomic E-state index is -1.03. The lowest BCUT2D eigenvalue weighted by molar-refractivity contribution is -0.142. The van der Waals surface area contributed by atoms with Crippen LogP contribution >= 0.6 is 0 Å². The van der Waals surface area contributed by atoms with Crippen molar-refractivity contribution in [1.82, 2.24) is 10.6 Å². The Morgan fingerprint density at radius 3 is 2.29 bits per heavy atom. The van der Waals surface area contributed by atoms with Crippen molar-refractivity contribution in [2.45, 2.75) is 63.5 Å². The van der Waals surface area contributed by atoms with Gasteiger partial charge in [-0.2, -0.15) is 0 Å². The highest BCUT2D eigenvalue weighted by molar-refractivity contribution is 5.86. The number of carboxylic acid groups (broad SMARTS) is 1. The molecule has 2 aliphatic rings. The van der Waals surface area contributed by atoms with Gasteiger partial charge < -0.3 is 20.5 Å². The van der Waals surface area contributed by atoms with Crippen LogP contribution in [0.5, 0.6) is 0 Å². The van der Waals surface area contributed by atoms with Gasteiger partial charge in [-0.15, -0.1) is 0 Å². The summed E-state index contributed by atoms with van der Waals surface area (Å²) in [6.45, 7) is 2.19. The van der Waals surface area contributed by atoms with Gasteiger partial charge in [-0.3, -0.25) is 4.79 Å². The first-order chi connectivity index (χ1) is 16.5. The fourth-order valence-electron chi connectivity index (χ4n) is 5.18. The number of alkyl carbamates (subject to hydrolysis) is 1. The molecule has 2 aromatic rings. The van der Waals surface area contributed by atoms with Crippen LogP contribution in [-0.2, 0) is 14.3 Å². The topological polar surface area (TPSA) is 105 Å². The number of hydrogen-bond donors (Lipinski definition) is 3. The second-order valence-electron chi connectivity index (χ2n) is 9.16. The molecule has 2 unspecified atom stereocenters. The molecule has 7 heteroatoms. The van der Waals surface area contributed by atoms with E-state index < -0.39 is 24.0 Å². The van der Waals surface area contributed by atoms with E-state index in [9.17, 15) is 19.5 Å². The number of carbonyl (C=O) groups excluding carboxylic acids is 2. The Hall–Kier alpha value is -3.35. The van der Waals surface area contributed by atoms with Gasteiger partial charge in [0.05, 0.1) is 5.92 Å². The minimum Gasteiger partial charge on any atom is -0.480 e. The van der Waals surface area contributed by atoms with Gasteiger partial charge in [0.2, 0.25) is 5.91 Å². The van der Waals surface area contributed by atoms with E-state index in [0.717, 1.165) is 41.5 Å². The maximum Gasteiger partial charge on any atom is 0.407 e. The van der Waals surface area contributed by atoms with Gasteiger partial charge in [0, 0.05) is 12.0 Å². The van der Waals surface area contributed by atoms with Gasteiger partial charge in [0.15, 0.2) is 0 Å². The molecule has 3 atom stereocenters. The lowest BCUT2D eigenvalue weighted by Gasteiger charge is -2.23.